The van der Waals surface area contributed by atoms with Crippen molar-refractivity contribution in [1.29, 1.82) is 0 Å². The Morgan fingerprint density at radius 3 is 2.96 bits per heavy atom. The van der Waals surface area contributed by atoms with Crippen LogP contribution in [0.4, 0.5) is 10.2 Å². The number of phenolic OH excluding ortho intramolecular Hbond substituents is 1. The van der Waals surface area contributed by atoms with Gasteiger partial charge in [-0.15, -0.1) is 0 Å². The minimum Gasteiger partial charge on any atom is -0.505 e. The predicted octanol–water partition coefficient (Wildman–Crippen LogP) is 2.84. The zero-order chi connectivity index (χ0) is 17.1. The van der Waals surface area contributed by atoms with Crippen molar-refractivity contribution < 1.29 is 14.2 Å². The van der Waals surface area contributed by atoms with Gasteiger partial charge < -0.3 is 15.2 Å². The van der Waals surface area contributed by atoms with E-state index in [4.69, 9.17) is 4.74 Å². The molecule has 2 aromatic heterocycles. The van der Waals surface area contributed by atoms with Crippen molar-refractivity contribution >= 4 is 17.0 Å². The second-order valence-electron chi connectivity index (χ2n) is 5.20. The van der Waals surface area contributed by atoms with Crippen molar-refractivity contribution in [1.82, 2.24) is 19.5 Å². The molecule has 0 saturated carbocycles. The lowest BCUT2D eigenvalue weighted by Crippen LogP contribution is -2.09. The number of halogens is 1. The lowest BCUT2D eigenvalue weighted by Gasteiger charge is -2.13. The second-order valence-corrected chi connectivity index (χ2v) is 5.20. The molecule has 0 radical (unpaired) electrons. The lowest BCUT2D eigenvalue weighted by molar-refractivity contribution is 0.0272. The first-order valence-electron chi connectivity index (χ1n) is 7.61. The molecule has 2 N–H and O–H groups in total. The number of hydrogen-bond donors (Lipinski definition) is 2. The van der Waals surface area contributed by atoms with Crippen LogP contribution in [0.15, 0.2) is 30.9 Å². The van der Waals surface area contributed by atoms with Gasteiger partial charge in [0.15, 0.2) is 28.5 Å². The number of fused-ring (bicyclic) bond motifs is 1. The largest absolute Gasteiger partial charge is 0.505 e. The average Bonchev–Trinajstić information content (AvgIpc) is 3.01. The van der Waals surface area contributed by atoms with Crippen LogP contribution >= 0.6 is 0 Å². The van der Waals surface area contributed by atoms with Crippen molar-refractivity contribution in [2.24, 2.45) is 0 Å². The minimum atomic E-state index is -0.656. The summed E-state index contributed by atoms with van der Waals surface area (Å²) in [6, 6.07) is 4.39. The van der Waals surface area contributed by atoms with E-state index in [0.717, 1.165) is 0 Å². The number of para-hydroxylation sites is 1. The first-order chi connectivity index (χ1) is 11.6. The van der Waals surface area contributed by atoms with Gasteiger partial charge in [0.1, 0.15) is 12.6 Å². The van der Waals surface area contributed by atoms with Gasteiger partial charge in [-0.05, 0) is 19.9 Å². The number of phenols is 1. The molecule has 0 aliphatic carbocycles. The Morgan fingerprint density at radius 2 is 2.17 bits per heavy atom. The molecule has 0 spiro atoms. The quantitative estimate of drug-likeness (QED) is 0.722. The number of imidazole rings is 1. The molecular weight excluding hydrogens is 313 g/mol. The molecule has 0 bridgehead atoms. The van der Waals surface area contributed by atoms with Crippen molar-refractivity contribution in [2.45, 2.75) is 26.6 Å². The average molecular weight is 331 g/mol. The molecule has 1 unspecified atom stereocenters. The van der Waals surface area contributed by atoms with E-state index in [9.17, 15) is 9.50 Å². The van der Waals surface area contributed by atoms with Crippen molar-refractivity contribution in [3.63, 3.8) is 0 Å². The van der Waals surface area contributed by atoms with Crippen molar-refractivity contribution in [2.75, 3.05) is 11.9 Å². The first-order valence-corrected chi connectivity index (χ1v) is 7.61. The van der Waals surface area contributed by atoms with E-state index < -0.39 is 5.82 Å². The molecule has 24 heavy (non-hydrogen) atoms. The lowest BCUT2D eigenvalue weighted by atomic mass is 10.2. The third-order valence-corrected chi connectivity index (χ3v) is 3.68. The number of hydrogen-bond acceptors (Lipinski definition) is 6. The highest BCUT2D eigenvalue weighted by molar-refractivity contribution is 5.82. The molecule has 2 heterocycles. The van der Waals surface area contributed by atoms with Crippen LogP contribution in [0.2, 0.25) is 0 Å². The van der Waals surface area contributed by atoms with Crippen LogP contribution in [0, 0.1) is 5.82 Å². The number of anilines is 1. The molecule has 3 aromatic rings. The number of aromatic hydroxyl groups is 1. The molecule has 8 heteroatoms. The Morgan fingerprint density at radius 1 is 1.33 bits per heavy atom. The summed E-state index contributed by atoms with van der Waals surface area (Å²) in [5.41, 5.74) is 1.65. The van der Waals surface area contributed by atoms with Gasteiger partial charge in [-0.3, -0.25) is 4.57 Å². The number of nitrogens with one attached hydrogen (secondary N) is 1. The molecule has 0 aliphatic rings. The number of nitrogens with zero attached hydrogens (tertiary/aromatic N) is 4. The van der Waals surface area contributed by atoms with Gasteiger partial charge in [0.05, 0.1) is 6.33 Å². The van der Waals surface area contributed by atoms with Gasteiger partial charge >= 0.3 is 0 Å². The Labute approximate surface area is 138 Å². The highest BCUT2D eigenvalue weighted by atomic mass is 19.1. The van der Waals surface area contributed by atoms with Gasteiger partial charge in [-0.1, -0.05) is 12.1 Å². The van der Waals surface area contributed by atoms with Gasteiger partial charge in [-0.25, -0.2) is 19.3 Å². The second kappa shape index (κ2) is 6.79. The van der Waals surface area contributed by atoms with Gasteiger partial charge in [0.2, 0.25) is 0 Å². The fourth-order valence-electron chi connectivity index (χ4n) is 2.45. The topological polar surface area (TPSA) is 85.1 Å². The van der Waals surface area contributed by atoms with Crippen molar-refractivity contribution in [3.05, 3.63) is 42.2 Å². The van der Waals surface area contributed by atoms with Crippen LogP contribution in [-0.2, 0) is 11.3 Å². The molecule has 0 fully saturated rings. The van der Waals surface area contributed by atoms with Crippen LogP contribution in [0.3, 0.4) is 0 Å². The summed E-state index contributed by atoms with van der Waals surface area (Å²) in [6.07, 6.45) is 2.87. The van der Waals surface area contributed by atoms with Crippen LogP contribution in [0.1, 0.15) is 25.6 Å². The molecule has 7 nitrogen and oxygen atoms in total. The molecule has 126 valence electrons. The molecule has 1 atom stereocenters. The number of rotatable bonds is 6. The van der Waals surface area contributed by atoms with E-state index in [1.807, 2.05) is 18.4 Å². The maximum atomic E-state index is 13.4. The number of benzene rings is 1. The summed E-state index contributed by atoms with van der Waals surface area (Å²) in [5.74, 6) is -0.520. The smallest absolute Gasteiger partial charge is 0.167 e. The van der Waals surface area contributed by atoms with Gasteiger partial charge in [-0.2, -0.15) is 0 Å². The molecular formula is C16H18FN5O2. The van der Waals surface area contributed by atoms with E-state index in [1.54, 1.807) is 18.5 Å². The molecule has 0 amide bonds. The molecule has 0 saturated heterocycles. The summed E-state index contributed by atoms with van der Waals surface area (Å²) in [5, 5.41) is 12.8. The highest BCUT2D eigenvalue weighted by Gasteiger charge is 2.14. The summed E-state index contributed by atoms with van der Waals surface area (Å²) < 4.78 is 20.8. The van der Waals surface area contributed by atoms with E-state index in [-0.39, 0.29) is 18.5 Å². The Bertz CT molecular complexity index is 852. The third-order valence-electron chi connectivity index (χ3n) is 3.68. The van der Waals surface area contributed by atoms with Crippen LogP contribution in [0.5, 0.6) is 5.75 Å². The Balaban J connectivity index is 1.86. The van der Waals surface area contributed by atoms with Gasteiger partial charge in [0.25, 0.3) is 0 Å². The zero-order valence-electron chi connectivity index (χ0n) is 13.4. The summed E-state index contributed by atoms with van der Waals surface area (Å²) in [6.45, 7) is 4.62. The SMILES string of the molecule is CCOC(C)n1cnc2c(NCc3cccc(F)c3O)ncnc21. The van der Waals surface area contributed by atoms with Crippen LogP contribution in [0.25, 0.3) is 11.2 Å². The summed E-state index contributed by atoms with van der Waals surface area (Å²) in [7, 11) is 0. The van der Waals surface area contributed by atoms with E-state index >= 15 is 0 Å². The van der Waals surface area contributed by atoms with Crippen LogP contribution in [-0.4, -0.2) is 31.2 Å². The van der Waals surface area contributed by atoms with E-state index in [2.05, 4.69) is 20.3 Å². The highest BCUT2D eigenvalue weighted by Crippen LogP contribution is 2.24. The molecule has 1 aromatic carbocycles. The number of ether oxygens (including phenoxy) is 1. The summed E-state index contributed by atoms with van der Waals surface area (Å²) >= 11 is 0. The van der Waals surface area contributed by atoms with Crippen LogP contribution < -0.4 is 5.32 Å². The zero-order valence-corrected chi connectivity index (χ0v) is 13.4. The minimum absolute atomic E-state index is 0.199. The normalized spacial score (nSPS) is 12.5. The predicted molar refractivity (Wildman–Crippen MR) is 87.1 cm³/mol. The Kier molecular flexibility index (Phi) is 4.57. The summed E-state index contributed by atoms with van der Waals surface area (Å²) in [4.78, 5) is 12.8. The molecule has 3 rings (SSSR count). The standard InChI is InChI=1S/C16H18FN5O2/c1-3-24-10(2)22-9-21-13-15(19-8-20-16(13)22)18-7-11-5-4-6-12(17)14(11)23/h4-6,8-10,23H,3,7H2,1-2H3,(H,18,19,20). The monoisotopic (exact) mass is 331 g/mol. The fourth-order valence-corrected chi connectivity index (χ4v) is 2.45. The van der Waals surface area contributed by atoms with E-state index in [0.29, 0.717) is 29.2 Å². The maximum Gasteiger partial charge on any atom is 0.167 e. The first kappa shape index (κ1) is 16.1. The van der Waals surface area contributed by atoms with Gasteiger partial charge in [0, 0.05) is 18.7 Å². The number of aromatic nitrogens is 4. The Hall–Kier alpha value is -2.74. The third kappa shape index (κ3) is 3.00. The molecule has 0 aliphatic heterocycles. The van der Waals surface area contributed by atoms with E-state index in [1.165, 1.54) is 12.4 Å². The fraction of sp³-hybridized carbons (Fsp3) is 0.312. The maximum absolute atomic E-state index is 13.4. The van der Waals surface area contributed by atoms with Crippen molar-refractivity contribution in [3.8, 4) is 5.75 Å².